The Hall–Kier alpha value is -1.24. The van der Waals surface area contributed by atoms with Crippen molar-refractivity contribution in [1.29, 1.82) is 0 Å². The van der Waals surface area contributed by atoms with Gasteiger partial charge in [-0.2, -0.15) is 0 Å². The number of fused-ring (bicyclic) bond motifs is 1. The van der Waals surface area contributed by atoms with Gasteiger partial charge in [0, 0.05) is 0 Å². The Bertz CT molecular complexity index is 654. The standard InChI is InChI=1S/C24H36O/c1-17-14-19(16-20(15-17)25-6)9-10-21-18(2)8-11-22-23(3,4)12-7-13-24(21,22)5/h8,14-16,21-22H,7,9-13H2,1-6H3/t21-,22-,24+/m0/s1. The zero-order valence-corrected chi connectivity index (χ0v) is 17.1. The maximum absolute atomic E-state index is 5.47. The first-order chi connectivity index (χ1) is 11.8. The van der Waals surface area contributed by atoms with Gasteiger partial charge in [0.05, 0.1) is 7.11 Å². The molecule has 0 amide bonds. The summed E-state index contributed by atoms with van der Waals surface area (Å²) >= 11 is 0. The minimum atomic E-state index is 0.467. The van der Waals surface area contributed by atoms with Gasteiger partial charge < -0.3 is 4.74 Å². The van der Waals surface area contributed by atoms with Gasteiger partial charge in [0.15, 0.2) is 0 Å². The Morgan fingerprint density at radius 3 is 2.56 bits per heavy atom. The highest BCUT2D eigenvalue weighted by atomic mass is 16.5. The van der Waals surface area contributed by atoms with E-state index in [0.717, 1.165) is 24.0 Å². The number of aryl methyl sites for hydroxylation is 2. The lowest BCUT2D eigenvalue weighted by Gasteiger charge is -2.57. The van der Waals surface area contributed by atoms with Gasteiger partial charge in [-0.05, 0) is 91.9 Å². The molecule has 1 aromatic rings. The molecule has 1 saturated carbocycles. The van der Waals surface area contributed by atoms with Crippen LogP contribution in [0.5, 0.6) is 5.75 Å². The molecule has 1 heteroatoms. The van der Waals surface area contributed by atoms with E-state index in [9.17, 15) is 0 Å². The fourth-order valence-electron chi connectivity index (χ4n) is 6.09. The summed E-state index contributed by atoms with van der Waals surface area (Å²) in [4.78, 5) is 0. The van der Waals surface area contributed by atoms with E-state index < -0.39 is 0 Å². The van der Waals surface area contributed by atoms with Crippen LogP contribution in [0.15, 0.2) is 29.8 Å². The summed E-state index contributed by atoms with van der Waals surface area (Å²) in [5.41, 5.74) is 5.30. The largest absolute Gasteiger partial charge is 0.497 e. The molecule has 0 unspecified atom stereocenters. The summed E-state index contributed by atoms with van der Waals surface area (Å²) in [6.45, 7) is 12.2. The van der Waals surface area contributed by atoms with Crippen LogP contribution in [0.4, 0.5) is 0 Å². The summed E-state index contributed by atoms with van der Waals surface area (Å²) in [5.74, 6) is 2.54. The van der Waals surface area contributed by atoms with Crippen LogP contribution in [0.25, 0.3) is 0 Å². The van der Waals surface area contributed by atoms with Crippen molar-refractivity contribution in [2.75, 3.05) is 7.11 Å². The summed E-state index contributed by atoms with van der Waals surface area (Å²) in [6, 6.07) is 6.67. The van der Waals surface area contributed by atoms with Gasteiger partial charge in [0.1, 0.15) is 5.75 Å². The van der Waals surface area contributed by atoms with E-state index in [0.29, 0.717) is 10.8 Å². The molecule has 0 heterocycles. The highest BCUT2D eigenvalue weighted by molar-refractivity contribution is 5.34. The molecule has 1 nitrogen and oxygen atoms in total. The van der Waals surface area contributed by atoms with Gasteiger partial charge in [-0.15, -0.1) is 0 Å². The van der Waals surface area contributed by atoms with Crippen LogP contribution in [0.2, 0.25) is 0 Å². The molecule has 0 saturated heterocycles. The van der Waals surface area contributed by atoms with Crippen LogP contribution in [0.1, 0.15) is 70.9 Å². The zero-order valence-electron chi connectivity index (χ0n) is 17.1. The second-order valence-corrected chi connectivity index (χ2v) is 9.53. The number of ether oxygens (including phenoxy) is 1. The minimum Gasteiger partial charge on any atom is -0.497 e. The predicted molar refractivity (Wildman–Crippen MR) is 107 cm³/mol. The van der Waals surface area contributed by atoms with E-state index >= 15 is 0 Å². The lowest BCUT2D eigenvalue weighted by molar-refractivity contribution is -0.0390. The molecule has 3 rings (SSSR count). The van der Waals surface area contributed by atoms with Crippen molar-refractivity contribution in [2.24, 2.45) is 22.7 Å². The first kappa shape index (κ1) is 18.5. The normalized spacial score (nSPS) is 31.2. The second kappa shape index (κ2) is 6.82. The molecule has 2 aliphatic carbocycles. The average molecular weight is 341 g/mol. The van der Waals surface area contributed by atoms with Crippen molar-refractivity contribution in [3.8, 4) is 5.75 Å². The Morgan fingerprint density at radius 1 is 1.08 bits per heavy atom. The Labute approximate surface area is 154 Å². The van der Waals surface area contributed by atoms with E-state index in [2.05, 4.69) is 58.9 Å². The summed E-state index contributed by atoms with van der Waals surface area (Å²) in [6.07, 6.45) is 10.4. The highest BCUT2D eigenvalue weighted by Gasteiger charge is 2.51. The molecule has 0 spiro atoms. The van der Waals surface area contributed by atoms with Crippen molar-refractivity contribution in [1.82, 2.24) is 0 Å². The molecule has 1 fully saturated rings. The summed E-state index contributed by atoms with van der Waals surface area (Å²) in [7, 11) is 1.77. The van der Waals surface area contributed by atoms with Crippen molar-refractivity contribution in [3.63, 3.8) is 0 Å². The molecule has 25 heavy (non-hydrogen) atoms. The van der Waals surface area contributed by atoms with Gasteiger partial charge >= 0.3 is 0 Å². The SMILES string of the molecule is COc1cc(C)cc(CC[C@H]2C(C)=CC[C@H]3C(C)(C)CCC[C@]23C)c1. The van der Waals surface area contributed by atoms with Gasteiger partial charge in [-0.25, -0.2) is 0 Å². The number of methoxy groups -OCH3 is 1. The minimum absolute atomic E-state index is 0.467. The van der Waals surface area contributed by atoms with Crippen LogP contribution < -0.4 is 4.74 Å². The number of allylic oxidation sites excluding steroid dienone is 2. The van der Waals surface area contributed by atoms with E-state index in [1.807, 2.05) is 0 Å². The van der Waals surface area contributed by atoms with Gasteiger partial charge in [-0.1, -0.05) is 44.9 Å². The molecular weight excluding hydrogens is 304 g/mol. The molecule has 0 radical (unpaired) electrons. The highest BCUT2D eigenvalue weighted by Crippen LogP contribution is 2.60. The molecule has 3 atom stereocenters. The van der Waals surface area contributed by atoms with Crippen molar-refractivity contribution in [2.45, 2.75) is 73.1 Å². The topological polar surface area (TPSA) is 9.23 Å². The van der Waals surface area contributed by atoms with E-state index in [4.69, 9.17) is 4.74 Å². The zero-order chi connectivity index (χ0) is 18.2. The Morgan fingerprint density at radius 2 is 1.84 bits per heavy atom. The van der Waals surface area contributed by atoms with E-state index in [1.54, 1.807) is 12.7 Å². The van der Waals surface area contributed by atoms with Gasteiger partial charge in [0.2, 0.25) is 0 Å². The number of hydrogen-bond donors (Lipinski definition) is 0. The molecule has 138 valence electrons. The maximum Gasteiger partial charge on any atom is 0.119 e. The Kier molecular flexibility index (Phi) is 5.06. The van der Waals surface area contributed by atoms with Crippen LogP contribution in [-0.2, 0) is 6.42 Å². The third kappa shape index (κ3) is 3.52. The number of hydrogen-bond acceptors (Lipinski definition) is 1. The second-order valence-electron chi connectivity index (χ2n) is 9.53. The van der Waals surface area contributed by atoms with Gasteiger partial charge in [-0.3, -0.25) is 0 Å². The first-order valence-electron chi connectivity index (χ1n) is 10.1. The molecule has 0 N–H and O–H groups in total. The third-order valence-electron chi connectivity index (χ3n) is 7.37. The molecule has 2 aliphatic rings. The lowest BCUT2D eigenvalue weighted by atomic mass is 9.48. The number of rotatable bonds is 4. The molecule has 0 bridgehead atoms. The lowest BCUT2D eigenvalue weighted by Crippen LogP contribution is -2.48. The van der Waals surface area contributed by atoms with E-state index in [1.165, 1.54) is 43.2 Å². The fourth-order valence-corrected chi connectivity index (χ4v) is 6.09. The maximum atomic E-state index is 5.47. The van der Waals surface area contributed by atoms with Gasteiger partial charge in [0.25, 0.3) is 0 Å². The van der Waals surface area contributed by atoms with Crippen LogP contribution in [0, 0.1) is 29.6 Å². The first-order valence-corrected chi connectivity index (χ1v) is 10.1. The van der Waals surface area contributed by atoms with Crippen molar-refractivity contribution in [3.05, 3.63) is 41.0 Å². The van der Waals surface area contributed by atoms with E-state index in [-0.39, 0.29) is 0 Å². The summed E-state index contributed by atoms with van der Waals surface area (Å²) in [5, 5.41) is 0. The van der Waals surface area contributed by atoms with Crippen molar-refractivity contribution >= 4 is 0 Å². The molecular formula is C24H36O. The summed E-state index contributed by atoms with van der Waals surface area (Å²) < 4.78 is 5.47. The van der Waals surface area contributed by atoms with Crippen molar-refractivity contribution < 1.29 is 4.74 Å². The quantitative estimate of drug-likeness (QED) is 0.552. The smallest absolute Gasteiger partial charge is 0.119 e. The fraction of sp³-hybridized carbons (Fsp3) is 0.667. The van der Waals surface area contributed by atoms with Crippen LogP contribution >= 0.6 is 0 Å². The molecule has 1 aromatic carbocycles. The molecule has 0 aromatic heterocycles. The number of benzene rings is 1. The van der Waals surface area contributed by atoms with Crippen LogP contribution in [0.3, 0.4) is 0 Å². The molecule has 0 aliphatic heterocycles. The predicted octanol–water partition coefficient (Wildman–Crippen LogP) is 6.74. The Balaban J connectivity index is 1.82. The average Bonchev–Trinajstić information content (AvgIpc) is 2.52. The monoisotopic (exact) mass is 340 g/mol. The van der Waals surface area contributed by atoms with Crippen LogP contribution in [-0.4, -0.2) is 7.11 Å². The third-order valence-corrected chi connectivity index (χ3v) is 7.37.